The van der Waals surface area contributed by atoms with E-state index < -0.39 is 0 Å². The molecule has 0 radical (unpaired) electrons. The number of aryl methyl sites for hydroxylation is 1. The molecular weight excluding hydrogens is 236 g/mol. The number of hydrazone groups is 1. The molecule has 0 aromatic heterocycles. The molecule has 0 saturated heterocycles. The van der Waals surface area contributed by atoms with Crippen LogP contribution in [0.25, 0.3) is 0 Å². The number of rotatable bonds is 1. The van der Waals surface area contributed by atoms with Crippen LogP contribution in [-0.2, 0) is 11.2 Å². The van der Waals surface area contributed by atoms with E-state index in [2.05, 4.69) is 29.3 Å². The Morgan fingerprint density at radius 1 is 1.00 bits per heavy atom. The molecule has 0 atom stereocenters. The zero-order valence-electron chi connectivity index (χ0n) is 11.3. The molecule has 3 rings (SSSR count). The Morgan fingerprint density at radius 2 is 1.89 bits per heavy atom. The van der Waals surface area contributed by atoms with Gasteiger partial charge in [0.15, 0.2) is 0 Å². The number of nitrogens with zero attached hydrogens (tertiary/aromatic N) is 2. The van der Waals surface area contributed by atoms with Crippen LogP contribution < -0.4 is 5.01 Å². The van der Waals surface area contributed by atoms with E-state index >= 15 is 0 Å². The number of ketones is 1. The van der Waals surface area contributed by atoms with Crippen molar-refractivity contribution < 1.29 is 4.79 Å². The minimum Gasteiger partial charge on any atom is -0.299 e. The predicted molar refractivity (Wildman–Crippen MR) is 77.6 cm³/mol. The Bertz CT molecular complexity index is 507. The average Bonchev–Trinajstić information content (AvgIpc) is 2.62. The molecular formula is C16H20N2O. The highest BCUT2D eigenvalue weighted by Crippen LogP contribution is 2.27. The highest BCUT2D eigenvalue weighted by atomic mass is 16.1. The van der Waals surface area contributed by atoms with Gasteiger partial charge in [-0.2, -0.15) is 5.10 Å². The standard InChI is InChI=1S/C16H20N2O/c19-15-9-5-8-14(12-15)17-18-11-4-3-7-13-6-1-2-10-16(13)18/h1-2,6,10H,3-5,7-9,11-12H2/b17-14+. The third-order valence-corrected chi connectivity index (χ3v) is 3.92. The van der Waals surface area contributed by atoms with Gasteiger partial charge in [0.1, 0.15) is 5.78 Å². The van der Waals surface area contributed by atoms with Gasteiger partial charge in [0.25, 0.3) is 0 Å². The Morgan fingerprint density at radius 3 is 2.79 bits per heavy atom. The minimum atomic E-state index is 0.341. The lowest BCUT2D eigenvalue weighted by Crippen LogP contribution is -2.23. The monoisotopic (exact) mass is 256 g/mol. The molecule has 0 bridgehead atoms. The number of Topliss-reactive ketones (excluding diaryl/α,β-unsaturated/α-hetero) is 1. The molecule has 0 unspecified atom stereocenters. The van der Waals surface area contributed by atoms with Crippen LogP contribution in [0.3, 0.4) is 0 Å². The van der Waals surface area contributed by atoms with Crippen LogP contribution >= 0.6 is 0 Å². The Balaban J connectivity index is 1.87. The van der Waals surface area contributed by atoms with Gasteiger partial charge in [0.2, 0.25) is 0 Å². The smallest absolute Gasteiger partial charge is 0.138 e. The molecule has 1 aromatic rings. The number of benzene rings is 1. The molecule has 1 heterocycles. The molecule has 1 saturated carbocycles. The molecule has 1 aliphatic heterocycles. The lowest BCUT2D eigenvalue weighted by atomic mass is 9.97. The van der Waals surface area contributed by atoms with Gasteiger partial charge in [-0.3, -0.25) is 9.80 Å². The molecule has 3 heteroatoms. The van der Waals surface area contributed by atoms with Crippen molar-refractivity contribution in [2.45, 2.75) is 44.9 Å². The molecule has 1 fully saturated rings. The molecule has 0 N–H and O–H groups in total. The van der Waals surface area contributed by atoms with Crippen molar-refractivity contribution >= 4 is 17.2 Å². The summed E-state index contributed by atoms with van der Waals surface area (Å²) in [5.41, 5.74) is 3.67. The fourth-order valence-electron chi connectivity index (χ4n) is 2.93. The number of fused-ring (bicyclic) bond motifs is 1. The molecule has 100 valence electrons. The van der Waals surface area contributed by atoms with Gasteiger partial charge >= 0.3 is 0 Å². The van der Waals surface area contributed by atoms with Crippen molar-refractivity contribution in [3.05, 3.63) is 29.8 Å². The van der Waals surface area contributed by atoms with Crippen molar-refractivity contribution in [1.29, 1.82) is 0 Å². The summed E-state index contributed by atoms with van der Waals surface area (Å²) in [5.74, 6) is 0.341. The SMILES string of the molecule is O=C1CCC/C(=N\N2CCCCc3ccccc32)C1. The molecule has 0 spiro atoms. The van der Waals surface area contributed by atoms with E-state index in [9.17, 15) is 4.79 Å². The van der Waals surface area contributed by atoms with Crippen molar-refractivity contribution in [2.24, 2.45) is 5.10 Å². The van der Waals surface area contributed by atoms with Crippen molar-refractivity contribution in [3.8, 4) is 0 Å². The molecule has 3 nitrogen and oxygen atoms in total. The van der Waals surface area contributed by atoms with Crippen molar-refractivity contribution in [1.82, 2.24) is 0 Å². The van der Waals surface area contributed by atoms with Gasteiger partial charge in [-0.05, 0) is 43.7 Å². The van der Waals surface area contributed by atoms with E-state index in [1.807, 2.05) is 0 Å². The fourth-order valence-corrected chi connectivity index (χ4v) is 2.93. The average molecular weight is 256 g/mol. The number of anilines is 1. The first-order chi connectivity index (χ1) is 9.33. The Hall–Kier alpha value is -1.64. The summed E-state index contributed by atoms with van der Waals surface area (Å²) in [6, 6.07) is 8.51. The van der Waals surface area contributed by atoms with Gasteiger partial charge in [0, 0.05) is 25.1 Å². The van der Waals surface area contributed by atoms with E-state index in [0.717, 1.165) is 37.9 Å². The quantitative estimate of drug-likeness (QED) is 0.772. The summed E-state index contributed by atoms with van der Waals surface area (Å²) >= 11 is 0. The second kappa shape index (κ2) is 5.55. The van der Waals surface area contributed by atoms with Crippen LogP contribution in [-0.4, -0.2) is 18.0 Å². The number of para-hydroxylation sites is 1. The molecule has 0 amide bonds. The van der Waals surface area contributed by atoms with E-state index in [1.54, 1.807) is 0 Å². The number of hydrogen-bond acceptors (Lipinski definition) is 3. The summed E-state index contributed by atoms with van der Waals surface area (Å²) < 4.78 is 0. The van der Waals surface area contributed by atoms with Crippen LogP contribution in [0.15, 0.2) is 29.4 Å². The minimum absolute atomic E-state index is 0.341. The maximum Gasteiger partial charge on any atom is 0.138 e. The van der Waals surface area contributed by atoms with Gasteiger partial charge < -0.3 is 0 Å². The molecule has 1 aromatic carbocycles. The number of hydrogen-bond donors (Lipinski definition) is 0. The first-order valence-electron chi connectivity index (χ1n) is 7.26. The second-order valence-electron chi connectivity index (χ2n) is 5.44. The lowest BCUT2D eigenvalue weighted by Gasteiger charge is -2.22. The maximum atomic E-state index is 11.5. The molecule has 19 heavy (non-hydrogen) atoms. The van der Waals surface area contributed by atoms with Crippen molar-refractivity contribution in [2.75, 3.05) is 11.6 Å². The first kappa shape index (κ1) is 12.4. The van der Waals surface area contributed by atoms with Gasteiger partial charge in [0.05, 0.1) is 5.69 Å². The van der Waals surface area contributed by atoms with E-state index in [4.69, 9.17) is 5.10 Å². The normalized spacial score (nSPS) is 22.2. The zero-order chi connectivity index (χ0) is 13.1. The van der Waals surface area contributed by atoms with E-state index in [1.165, 1.54) is 24.1 Å². The summed E-state index contributed by atoms with van der Waals surface area (Å²) in [6.45, 7) is 0.967. The molecule has 1 aliphatic carbocycles. The van der Waals surface area contributed by atoms with Gasteiger partial charge in [-0.1, -0.05) is 18.2 Å². The first-order valence-corrected chi connectivity index (χ1v) is 7.26. The van der Waals surface area contributed by atoms with Gasteiger partial charge in [-0.25, -0.2) is 0 Å². The maximum absolute atomic E-state index is 11.5. The zero-order valence-corrected chi connectivity index (χ0v) is 11.3. The van der Waals surface area contributed by atoms with E-state index in [0.29, 0.717) is 12.2 Å². The third kappa shape index (κ3) is 2.86. The van der Waals surface area contributed by atoms with Crippen LogP contribution in [0.2, 0.25) is 0 Å². The van der Waals surface area contributed by atoms with Crippen LogP contribution in [0.1, 0.15) is 44.1 Å². The van der Waals surface area contributed by atoms with Gasteiger partial charge in [-0.15, -0.1) is 0 Å². The second-order valence-corrected chi connectivity index (χ2v) is 5.44. The summed E-state index contributed by atoms with van der Waals surface area (Å²) in [7, 11) is 0. The highest BCUT2D eigenvalue weighted by Gasteiger charge is 2.18. The predicted octanol–water partition coefficient (Wildman–Crippen LogP) is 3.33. The van der Waals surface area contributed by atoms with Crippen LogP contribution in [0.5, 0.6) is 0 Å². The largest absolute Gasteiger partial charge is 0.299 e. The fraction of sp³-hybridized carbons (Fsp3) is 0.500. The summed E-state index contributed by atoms with van der Waals surface area (Å²) in [4.78, 5) is 11.5. The number of carbonyl (C=O) groups excluding carboxylic acids is 1. The summed E-state index contributed by atoms with van der Waals surface area (Å²) in [5, 5.41) is 6.90. The summed E-state index contributed by atoms with van der Waals surface area (Å²) in [6.07, 6.45) is 6.75. The lowest BCUT2D eigenvalue weighted by molar-refractivity contribution is -0.118. The van der Waals surface area contributed by atoms with Crippen LogP contribution in [0, 0.1) is 0 Å². The topological polar surface area (TPSA) is 32.7 Å². The highest BCUT2D eigenvalue weighted by molar-refractivity contribution is 6.04. The Labute approximate surface area is 114 Å². The van der Waals surface area contributed by atoms with Crippen molar-refractivity contribution in [3.63, 3.8) is 0 Å². The number of carbonyl (C=O) groups is 1. The third-order valence-electron chi connectivity index (χ3n) is 3.92. The van der Waals surface area contributed by atoms with E-state index in [-0.39, 0.29) is 0 Å². The Kier molecular flexibility index (Phi) is 3.62. The van der Waals surface area contributed by atoms with Crippen LogP contribution in [0.4, 0.5) is 5.69 Å². The molecule has 2 aliphatic rings.